The molecule has 1 aliphatic rings. The molecule has 20 heavy (non-hydrogen) atoms. The molecule has 4 nitrogen and oxygen atoms in total. The van der Waals surface area contributed by atoms with Crippen LogP contribution < -0.4 is 0 Å². The molecule has 0 heterocycles. The molecule has 0 bridgehead atoms. The Kier molecular flexibility index (Phi) is 7.01. The van der Waals surface area contributed by atoms with Gasteiger partial charge in [-0.2, -0.15) is 5.26 Å². The zero-order valence-electron chi connectivity index (χ0n) is 12.9. The van der Waals surface area contributed by atoms with E-state index in [2.05, 4.69) is 19.9 Å². The number of carbonyl (C=O) groups is 1. The molecule has 0 aliphatic heterocycles. The Morgan fingerprint density at radius 1 is 1.30 bits per heavy atom. The van der Waals surface area contributed by atoms with E-state index in [0.29, 0.717) is 25.4 Å². The van der Waals surface area contributed by atoms with Crippen LogP contribution in [0.15, 0.2) is 0 Å². The highest BCUT2D eigenvalue weighted by molar-refractivity contribution is 5.77. The third-order valence-electron chi connectivity index (χ3n) is 4.09. The van der Waals surface area contributed by atoms with E-state index in [9.17, 15) is 9.90 Å². The lowest BCUT2D eigenvalue weighted by atomic mass is 9.82. The standard InChI is InChI=1S/C16H28N2O2/c1-14(2)7-12-18(11-6-10-17)15(19)13-16(20)8-4-3-5-9-16/h14,20H,3-9,11-13H2,1-2H3. The van der Waals surface area contributed by atoms with Gasteiger partial charge >= 0.3 is 0 Å². The van der Waals surface area contributed by atoms with Crippen molar-refractivity contribution in [1.82, 2.24) is 4.90 Å². The monoisotopic (exact) mass is 280 g/mol. The van der Waals surface area contributed by atoms with Gasteiger partial charge in [0, 0.05) is 13.1 Å². The molecule has 0 spiro atoms. The zero-order chi connectivity index (χ0) is 15.0. The quantitative estimate of drug-likeness (QED) is 0.780. The molecule has 0 aromatic rings. The van der Waals surface area contributed by atoms with Crippen molar-refractivity contribution in [1.29, 1.82) is 5.26 Å². The Bertz CT molecular complexity index is 341. The summed E-state index contributed by atoms with van der Waals surface area (Å²) in [5.41, 5.74) is -0.807. The van der Waals surface area contributed by atoms with Crippen molar-refractivity contribution < 1.29 is 9.90 Å². The highest BCUT2D eigenvalue weighted by Gasteiger charge is 2.33. The Hall–Kier alpha value is -1.08. The van der Waals surface area contributed by atoms with E-state index in [0.717, 1.165) is 38.5 Å². The summed E-state index contributed by atoms with van der Waals surface area (Å²) in [6.07, 6.45) is 6.16. The SMILES string of the molecule is CC(C)CCN(CCC#N)C(=O)CC1(O)CCCCC1. The fourth-order valence-corrected chi connectivity index (χ4v) is 2.74. The molecule has 4 heteroatoms. The van der Waals surface area contributed by atoms with Crippen molar-refractivity contribution in [2.75, 3.05) is 13.1 Å². The van der Waals surface area contributed by atoms with Gasteiger partial charge in [-0.15, -0.1) is 0 Å². The van der Waals surface area contributed by atoms with E-state index < -0.39 is 5.60 Å². The third kappa shape index (κ3) is 5.92. The van der Waals surface area contributed by atoms with E-state index >= 15 is 0 Å². The summed E-state index contributed by atoms with van der Waals surface area (Å²) < 4.78 is 0. The van der Waals surface area contributed by atoms with E-state index in [4.69, 9.17) is 5.26 Å². The van der Waals surface area contributed by atoms with Crippen molar-refractivity contribution in [2.24, 2.45) is 5.92 Å². The minimum Gasteiger partial charge on any atom is -0.389 e. The molecule has 114 valence electrons. The van der Waals surface area contributed by atoms with Crippen LogP contribution in [-0.2, 0) is 4.79 Å². The van der Waals surface area contributed by atoms with E-state index in [1.54, 1.807) is 4.90 Å². The van der Waals surface area contributed by atoms with Crippen LogP contribution in [0.2, 0.25) is 0 Å². The van der Waals surface area contributed by atoms with Gasteiger partial charge in [0.1, 0.15) is 0 Å². The smallest absolute Gasteiger partial charge is 0.225 e. The van der Waals surface area contributed by atoms with Crippen molar-refractivity contribution in [3.8, 4) is 6.07 Å². The fourth-order valence-electron chi connectivity index (χ4n) is 2.74. The number of amides is 1. The first-order valence-electron chi connectivity index (χ1n) is 7.84. The molecule has 0 unspecified atom stereocenters. The predicted molar refractivity (Wildman–Crippen MR) is 78.9 cm³/mol. The molecule has 0 atom stereocenters. The van der Waals surface area contributed by atoms with Crippen LogP contribution in [0.1, 0.15) is 65.2 Å². The fraction of sp³-hybridized carbons (Fsp3) is 0.875. The maximum absolute atomic E-state index is 12.4. The Labute approximate surface area is 122 Å². The van der Waals surface area contributed by atoms with Crippen LogP contribution in [0.25, 0.3) is 0 Å². The van der Waals surface area contributed by atoms with E-state index in [1.807, 2.05) is 0 Å². The van der Waals surface area contributed by atoms with Crippen LogP contribution in [0, 0.1) is 17.2 Å². The second-order valence-corrected chi connectivity index (χ2v) is 6.43. The second kappa shape index (κ2) is 8.26. The first kappa shape index (κ1) is 17.0. The second-order valence-electron chi connectivity index (χ2n) is 6.43. The first-order valence-corrected chi connectivity index (χ1v) is 7.84. The Morgan fingerprint density at radius 2 is 1.95 bits per heavy atom. The summed E-state index contributed by atoms with van der Waals surface area (Å²) in [7, 11) is 0. The predicted octanol–water partition coefficient (Wildman–Crippen LogP) is 2.86. The van der Waals surface area contributed by atoms with Crippen molar-refractivity contribution in [3.05, 3.63) is 0 Å². The third-order valence-corrected chi connectivity index (χ3v) is 4.09. The normalized spacial score (nSPS) is 17.8. The molecule has 1 rings (SSSR count). The molecular weight excluding hydrogens is 252 g/mol. The highest BCUT2D eigenvalue weighted by Crippen LogP contribution is 2.31. The molecule has 0 radical (unpaired) electrons. The van der Waals surface area contributed by atoms with Crippen LogP contribution in [0.4, 0.5) is 0 Å². The van der Waals surface area contributed by atoms with Crippen LogP contribution in [0.5, 0.6) is 0 Å². The van der Waals surface area contributed by atoms with Gasteiger partial charge < -0.3 is 10.0 Å². The number of hydrogen-bond acceptors (Lipinski definition) is 3. The van der Waals surface area contributed by atoms with Crippen molar-refractivity contribution in [2.45, 2.75) is 70.8 Å². The largest absolute Gasteiger partial charge is 0.389 e. The number of rotatable bonds is 7. The molecule has 0 saturated heterocycles. The van der Waals surface area contributed by atoms with Gasteiger partial charge in [0.15, 0.2) is 0 Å². The lowest BCUT2D eigenvalue weighted by Gasteiger charge is -2.33. The summed E-state index contributed by atoms with van der Waals surface area (Å²) in [5, 5.41) is 19.2. The average molecular weight is 280 g/mol. The number of nitrogens with zero attached hydrogens (tertiary/aromatic N) is 2. The molecule has 0 aromatic heterocycles. The van der Waals surface area contributed by atoms with Gasteiger partial charge in [-0.05, 0) is 25.2 Å². The molecule has 1 aliphatic carbocycles. The van der Waals surface area contributed by atoms with Gasteiger partial charge in [0.25, 0.3) is 0 Å². The zero-order valence-corrected chi connectivity index (χ0v) is 12.9. The highest BCUT2D eigenvalue weighted by atomic mass is 16.3. The molecule has 1 amide bonds. The number of carbonyl (C=O) groups excluding carboxylic acids is 1. The van der Waals surface area contributed by atoms with Gasteiger partial charge in [0.05, 0.1) is 24.5 Å². The van der Waals surface area contributed by atoms with Gasteiger partial charge in [0.2, 0.25) is 5.91 Å². The van der Waals surface area contributed by atoms with Crippen LogP contribution in [0.3, 0.4) is 0 Å². The van der Waals surface area contributed by atoms with E-state index in [1.165, 1.54) is 0 Å². The van der Waals surface area contributed by atoms with Crippen LogP contribution in [-0.4, -0.2) is 34.6 Å². The molecule has 0 aromatic carbocycles. The lowest BCUT2D eigenvalue weighted by Crippen LogP contribution is -2.41. The summed E-state index contributed by atoms with van der Waals surface area (Å²) in [6.45, 7) is 5.43. The Balaban J connectivity index is 2.54. The topological polar surface area (TPSA) is 64.3 Å². The number of aliphatic hydroxyl groups is 1. The minimum atomic E-state index is -0.807. The van der Waals surface area contributed by atoms with Crippen molar-refractivity contribution in [3.63, 3.8) is 0 Å². The van der Waals surface area contributed by atoms with Gasteiger partial charge in [-0.3, -0.25) is 4.79 Å². The molecule has 1 fully saturated rings. The Morgan fingerprint density at radius 3 is 2.50 bits per heavy atom. The first-order chi connectivity index (χ1) is 9.47. The summed E-state index contributed by atoms with van der Waals surface area (Å²) >= 11 is 0. The summed E-state index contributed by atoms with van der Waals surface area (Å²) in [4.78, 5) is 14.2. The summed E-state index contributed by atoms with van der Waals surface area (Å²) in [6, 6.07) is 2.10. The van der Waals surface area contributed by atoms with Gasteiger partial charge in [-0.25, -0.2) is 0 Å². The molecule has 1 saturated carbocycles. The number of nitriles is 1. The lowest BCUT2D eigenvalue weighted by molar-refractivity contribution is -0.138. The molecule has 1 N–H and O–H groups in total. The molecular formula is C16H28N2O2. The minimum absolute atomic E-state index is 0.00491. The van der Waals surface area contributed by atoms with E-state index in [-0.39, 0.29) is 12.3 Å². The van der Waals surface area contributed by atoms with Crippen LogP contribution >= 0.6 is 0 Å². The van der Waals surface area contributed by atoms with Gasteiger partial charge in [-0.1, -0.05) is 33.1 Å². The maximum Gasteiger partial charge on any atom is 0.225 e. The van der Waals surface area contributed by atoms with Crippen molar-refractivity contribution >= 4 is 5.91 Å². The maximum atomic E-state index is 12.4. The average Bonchev–Trinajstić information content (AvgIpc) is 2.38. The summed E-state index contributed by atoms with van der Waals surface area (Å²) in [5.74, 6) is 0.537. The number of hydrogen-bond donors (Lipinski definition) is 1.